The van der Waals surface area contributed by atoms with Gasteiger partial charge in [-0.15, -0.1) is 0 Å². The van der Waals surface area contributed by atoms with Crippen LogP contribution in [-0.4, -0.2) is 29.8 Å². The first-order valence-electron chi connectivity index (χ1n) is 7.74. The Morgan fingerprint density at radius 3 is 2.59 bits per heavy atom. The molecule has 0 aromatic heterocycles. The average molecular weight is 300 g/mol. The molecule has 0 bridgehead atoms. The molecule has 1 N–H and O–H groups in total. The molecule has 118 valence electrons. The molecule has 0 spiro atoms. The standard InChI is InChI=1S/C18H24N2O2/c1-18(2,3)14-10-6-7-11-15(14)19-16(21)17(22)20-12-8-4-5-9-13-20/h4,6-8,10-11H,5,9,12-13H2,1-3H3,(H,19,21). The van der Waals surface area contributed by atoms with E-state index in [9.17, 15) is 9.59 Å². The van der Waals surface area contributed by atoms with Gasteiger partial charge in [0.25, 0.3) is 0 Å². The van der Waals surface area contributed by atoms with E-state index in [0.29, 0.717) is 18.8 Å². The van der Waals surface area contributed by atoms with Crippen molar-refractivity contribution in [1.29, 1.82) is 0 Å². The van der Waals surface area contributed by atoms with Gasteiger partial charge in [0.15, 0.2) is 0 Å². The maximum absolute atomic E-state index is 12.3. The van der Waals surface area contributed by atoms with E-state index in [4.69, 9.17) is 0 Å². The summed E-state index contributed by atoms with van der Waals surface area (Å²) < 4.78 is 0. The highest BCUT2D eigenvalue weighted by Crippen LogP contribution is 2.29. The van der Waals surface area contributed by atoms with Crippen LogP contribution in [0.3, 0.4) is 0 Å². The fourth-order valence-corrected chi connectivity index (χ4v) is 2.56. The molecule has 1 aromatic carbocycles. The molecule has 1 aliphatic heterocycles. The molecule has 1 heterocycles. The SMILES string of the molecule is CC(C)(C)c1ccccc1NC(=O)C(=O)N1CC=CCCC1. The van der Waals surface area contributed by atoms with E-state index in [0.717, 1.165) is 18.4 Å². The van der Waals surface area contributed by atoms with E-state index in [2.05, 4.69) is 32.2 Å². The summed E-state index contributed by atoms with van der Waals surface area (Å²) in [6, 6.07) is 7.63. The van der Waals surface area contributed by atoms with Gasteiger partial charge in [-0.3, -0.25) is 9.59 Å². The van der Waals surface area contributed by atoms with Crippen LogP contribution in [-0.2, 0) is 15.0 Å². The van der Waals surface area contributed by atoms with E-state index in [1.807, 2.05) is 30.3 Å². The van der Waals surface area contributed by atoms with E-state index < -0.39 is 11.8 Å². The normalized spacial score (nSPS) is 15.3. The number of hydrogen-bond donors (Lipinski definition) is 1. The molecule has 0 fully saturated rings. The fraction of sp³-hybridized carbons (Fsp3) is 0.444. The van der Waals surface area contributed by atoms with Crippen molar-refractivity contribution in [3.05, 3.63) is 42.0 Å². The Morgan fingerprint density at radius 1 is 1.14 bits per heavy atom. The molecule has 2 rings (SSSR count). The predicted octanol–water partition coefficient (Wildman–Crippen LogP) is 3.10. The number of anilines is 1. The van der Waals surface area contributed by atoms with Crippen molar-refractivity contribution in [2.45, 2.75) is 39.0 Å². The number of benzene rings is 1. The molecule has 0 radical (unpaired) electrons. The zero-order chi connectivity index (χ0) is 16.2. The van der Waals surface area contributed by atoms with Gasteiger partial charge in [0, 0.05) is 18.8 Å². The van der Waals surface area contributed by atoms with Crippen molar-refractivity contribution in [2.75, 3.05) is 18.4 Å². The Morgan fingerprint density at radius 2 is 1.86 bits per heavy atom. The highest BCUT2D eigenvalue weighted by molar-refractivity contribution is 6.39. The smallest absolute Gasteiger partial charge is 0.313 e. The van der Waals surface area contributed by atoms with Crippen LogP contribution in [0.1, 0.15) is 39.2 Å². The van der Waals surface area contributed by atoms with Crippen molar-refractivity contribution < 1.29 is 9.59 Å². The maximum Gasteiger partial charge on any atom is 0.313 e. The quantitative estimate of drug-likeness (QED) is 0.640. The summed E-state index contributed by atoms with van der Waals surface area (Å²) in [5.41, 5.74) is 1.63. The minimum atomic E-state index is -0.563. The molecule has 4 nitrogen and oxygen atoms in total. The summed E-state index contributed by atoms with van der Waals surface area (Å²) in [6.07, 6.45) is 5.85. The van der Waals surface area contributed by atoms with Gasteiger partial charge in [-0.2, -0.15) is 0 Å². The van der Waals surface area contributed by atoms with Gasteiger partial charge in [0.1, 0.15) is 0 Å². The van der Waals surface area contributed by atoms with Crippen LogP contribution in [0.4, 0.5) is 5.69 Å². The lowest BCUT2D eigenvalue weighted by Crippen LogP contribution is -2.40. The molecule has 0 unspecified atom stereocenters. The summed E-state index contributed by atoms with van der Waals surface area (Å²) in [5.74, 6) is -1.03. The molecule has 0 aliphatic carbocycles. The zero-order valence-electron chi connectivity index (χ0n) is 13.6. The number of carbonyl (C=O) groups is 2. The molecular weight excluding hydrogens is 276 g/mol. The summed E-state index contributed by atoms with van der Waals surface area (Å²) in [4.78, 5) is 26.2. The van der Waals surface area contributed by atoms with Crippen LogP contribution in [0.2, 0.25) is 0 Å². The minimum absolute atomic E-state index is 0.0989. The molecule has 4 heteroatoms. The number of amides is 2. The number of para-hydroxylation sites is 1. The third-order valence-electron chi connectivity index (χ3n) is 3.76. The van der Waals surface area contributed by atoms with Gasteiger partial charge >= 0.3 is 11.8 Å². The first-order chi connectivity index (χ1) is 10.4. The number of allylic oxidation sites excluding steroid dienone is 1. The van der Waals surface area contributed by atoms with E-state index in [-0.39, 0.29) is 5.41 Å². The molecule has 0 saturated carbocycles. The molecule has 2 amide bonds. The van der Waals surface area contributed by atoms with Crippen molar-refractivity contribution >= 4 is 17.5 Å². The van der Waals surface area contributed by atoms with Crippen molar-refractivity contribution in [3.63, 3.8) is 0 Å². The van der Waals surface area contributed by atoms with Gasteiger partial charge in [-0.1, -0.05) is 51.1 Å². The molecule has 0 saturated heterocycles. The summed E-state index contributed by atoms with van der Waals surface area (Å²) >= 11 is 0. The van der Waals surface area contributed by atoms with Gasteiger partial charge in [0.05, 0.1) is 0 Å². The maximum atomic E-state index is 12.3. The Balaban J connectivity index is 2.12. The highest BCUT2D eigenvalue weighted by Gasteiger charge is 2.24. The zero-order valence-corrected chi connectivity index (χ0v) is 13.6. The van der Waals surface area contributed by atoms with Gasteiger partial charge in [-0.05, 0) is 29.9 Å². The average Bonchev–Trinajstić information content (AvgIpc) is 2.75. The molecule has 1 aromatic rings. The number of rotatable bonds is 1. The summed E-state index contributed by atoms with van der Waals surface area (Å²) in [6.45, 7) is 7.38. The van der Waals surface area contributed by atoms with Crippen LogP contribution >= 0.6 is 0 Å². The third-order valence-corrected chi connectivity index (χ3v) is 3.76. The summed E-state index contributed by atoms with van der Waals surface area (Å²) in [7, 11) is 0. The Labute approximate surface area is 132 Å². The summed E-state index contributed by atoms with van der Waals surface area (Å²) in [5, 5.41) is 2.78. The molecular formula is C18H24N2O2. The largest absolute Gasteiger partial charge is 0.331 e. The number of carbonyl (C=O) groups excluding carboxylic acids is 2. The van der Waals surface area contributed by atoms with E-state index in [1.54, 1.807) is 4.90 Å². The van der Waals surface area contributed by atoms with Crippen molar-refractivity contribution in [1.82, 2.24) is 4.90 Å². The number of nitrogens with zero attached hydrogens (tertiary/aromatic N) is 1. The minimum Gasteiger partial charge on any atom is -0.331 e. The van der Waals surface area contributed by atoms with E-state index >= 15 is 0 Å². The van der Waals surface area contributed by atoms with Crippen LogP contribution < -0.4 is 5.32 Å². The van der Waals surface area contributed by atoms with Gasteiger partial charge in [0.2, 0.25) is 0 Å². The van der Waals surface area contributed by atoms with Gasteiger partial charge < -0.3 is 10.2 Å². The monoisotopic (exact) mass is 300 g/mol. The lowest BCUT2D eigenvalue weighted by Gasteiger charge is -2.24. The highest BCUT2D eigenvalue weighted by atomic mass is 16.2. The number of hydrogen-bond acceptors (Lipinski definition) is 2. The fourth-order valence-electron chi connectivity index (χ4n) is 2.56. The Kier molecular flexibility index (Phi) is 5.01. The number of nitrogens with one attached hydrogen (secondary N) is 1. The molecule has 22 heavy (non-hydrogen) atoms. The first kappa shape index (κ1) is 16.3. The molecule has 0 atom stereocenters. The van der Waals surface area contributed by atoms with Crippen molar-refractivity contribution in [2.24, 2.45) is 0 Å². The Hall–Kier alpha value is -2.10. The lowest BCUT2D eigenvalue weighted by molar-refractivity contribution is -0.142. The van der Waals surface area contributed by atoms with Gasteiger partial charge in [-0.25, -0.2) is 0 Å². The van der Waals surface area contributed by atoms with E-state index in [1.165, 1.54) is 0 Å². The van der Waals surface area contributed by atoms with Crippen LogP contribution in [0, 0.1) is 0 Å². The predicted molar refractivity (Wildman–Crippen MR) is 88.7 cm³/mol. The second-order valence-electron chi connectivity index (χ2n) is 6.61. The second-order valence-corrected chi connectivity index (χ2v) is 6.61. The second kappa shape index (κ2) is 6.77. The van der Waals surface area contributed by atoms with Crippen LogP contribution in [0.15, 0.2) is 36.4 Å². The third kappa shape index (κ3) is 3.97. The topological polar surface area (TPSA) is 49.4 Å². The van der Waals surface area contributed by atoms with Crippen LogP contribution in [0.5, 0.6) is 0 Å². The first-order valence-corrected chi connectivity index (χ1v) is 7.74. The lowest BCUT2D eigenvalue weighted by atomic mass is 9.86. The molecule has 1 aliphatic rings. The van der Waals surface area contributed by atoms with Crippen molar-refractivity contribution in [3.8, 4) is 0 Å². The Bertz CT molecular complexity index is 585. The van der Waals surface area contributed by atoms with Crippen LogP contribution in [0.25, 0.3) is 0 Å².